The van der Waals surface area contributed by atoms with Crippen LogP contribution in [-0.4, -0.2) is 16.7 Å². The van der Waals surface area contributed by atoms with Crippen molar-refractivity contribution in [3.05, 3.63) is 0 Å². The monoisotopic (exact) mass is 118 g/mol. The fourth-order valence-electron chi connectivity index (χ4n) is 0.356. The molecular weight excluding hydrogens is 111 g/mol. The van der Waals surface area contributed by atoms with Crippen LogP contribution in [-0.2, 0) is 0 Å². The Bertz CT molecular complexity index is 85.5. The average Bonchev–Trinajstić information content (AvgIpc) is 1.32. The van der Waals surface area contributed by atoms with Crippen LogP contribution in [0.3, 0.4) is 0 Å². The van der Waals surface area contributed by atoms with Gasteiger partial charge >= 0.3 is 0 Å². The molecule has 34 valence electrons. The third-order valence-corrected chi connectivity index (χ3v) is 3.11. The molecule has 0 saturated carbocycles. The minimum Gasteiger partial charge on any atom is -0.168 e. The molecule has 1 aliphatic rings. The Labute approximate surface area is 45.2 Å². The van der Waals surface area contributed by atoms with E-state index in [0.717, 1.165) is 0 Å². The summed E-state index contributed by atoms with van der Waals surface area (Å²) in [5, 5.41) is 0. The molecule has 0 nitrogen and oxygen atoms in total. The van der Waals surface area contributed by atoms with Crippen LogP contribution in [0.15, 0.2) is 0 Å². The van der Waals surface area contributed by atoms with Gasteiger partial charge in [0.2, 0.25) is 0 Å². The van der Waals surface area contributed by atoms with Gasteiger partial charge in [0.1, 0.15) is 0 Å². The molecule has 1 rings (SSSR count). The van der Waals surface area contributed by atoms with E-state index in [1.807, 2.05) is 0 Å². The molecule has 0 N–H and O–H groups in total. The first-order valence-electron chi connectivity index (χ1n) is 1.94. The lowest BCUT2D eigenvalue weighted by Gasteiger charge is -2.22. The van der Waals surface area contributed by atoms with E-state index in [1.54, 1.807) is 0 Å². The summed E-state index contributed by atoms with van der Waals surface area (Å²) >= 11 is 4.28. The Kier molecular flexibility index (Phi) is 0.969. The highest BCUT2D eigenvalue weighted by Crippen LogP contribution is 2.27. The molecule has 1 heterocycles. The number of hydrogen-bond acceptors (Lipinski definition) is 1. The van der Waals surface area contributed by atoms with E-state index in [4.69, 9.17) is 0 Å². The van der Waals surface area contributed by atoms with Gasteiger partial charge in [-0.05, 0) is 12.7 Å². The van der Waals surface area contributed by atoms with Gasteiger partial charge in [-0.2, -0.15) is 12.6 Å². The molecule has 1 aliphatic heterocycles. The van der Waals surface area contributed by atoms with Crippen LogP contribution >= 0.6 is 20.8 Å². The second-order valence-electron chi connectivity index (χ2n) is 1.83. The van der Waals surface area contributed by atoms with Gasteiger partial charge in [0.15, 0.2) is 0 Å². The number of rotatable bonds is 0. The zero-order valence-corrected chi connectivity index (χ0v) is 5.47. The molecule has 1 atom stereocenters. The van der Waals surface area contributed by atoms with E-state index in [9.17, 15) is 0 Å². The van der Waals surface area contributed by atoms with Crippen LogP contribution in [0.1, 0.15) is 6.92 Å². The van der Waals surface area contributed by atoms with Crippen LogP contribution in [0.5, 0.6) is 0 Å². The highest BCUT2D eigenvalue weighted by atomic mass is 32.1. The Balaban J connectivity index is 2.57. The van der Waals surface area contributed by atoms with E-state index in [-0.39, 0.29) is 4.75 Å². The summed E-state index contributed by atoms with van der Waals surface area (Å²) in [4.78, 5) is 0. The fraction of sp³-hybridized carbons (Fsp3) is 0.750. The van der Waals surface area contributed by atoms with Crippen molar-refractivity contribution < 1.29 is 0 Å². The molecule has 0 spiro atoms. The SMILES string of the molecule is C[C@@]1(S)C=PC1. The summed E-state index contributed by atoms with van der Waals surface area (Å²) in [7, 11) is 1.46. The van der Waals surface area contributed by atoms with Crippen molar-refractivity contribution in [1.82, 2.24) is 0 Å². The van der Waals surface area contributed by atoms with Gasteiger partial charge in [-0.1, -0.05) is 0 Å². The van der Waals surface area contributed by atoms with Crippen LogP contribution in [0.25, 0.3) is 0 Å². The summed E-state index contributed by atoms with van der Waals surface area (Å²) in [5.74, 6) is 2.20. The topological polar surface area (TPSA) is 0 Å². The van der Waals surface area contributed by atoms with Gasteiger partial charge in [0.05, 0.1) is 0 Å². The van der Waals surface area contributed by atoms with Gasteiger partial charge in [0.25, 0.3) is 0 Å². The largest absolute Gasteiger partial charge is 0.168 e. The van der Waals surface area contributed by atoms with E-state index >= 15 is 0 Å². The van der Waals surface area contributed by atoms with E-state index < -0.39 is 0 Å². The van der Waals surface area contributed by atoms with Gasteiger partial charge < -0.3 is 0 Å². The molecule has 0 bridgehead atoms. The Morgan fingerprint density at radius 2 is 2.33 bits per heavy atom. The smallest absolute Gasteiger partial charge is 0.0397 e. The van der Waals surface area contributed by atoms with Crippen molar-refractivity contribution in [2.75, 3.05) is 6.16 Å². The molecule has 0 amide bonds. The molecule has 6 heavy (non-hydrogen) atoms. The highest BCUT2D eigenvalue weighted by molar-refractivity contribution is 7.84. The van der Waals surface area contributed by atoms with Crippen molar-refractivity contribution in [2.45, 2.75) is 11.7 Å². The standard InChI is InChI=1S/C4H7PS/c1-4(6)2-5-3-4/h2,6H,3H2,1H3/t4-/m1/s1. The maximum Gasteiger partial charge on any atom is 0.0397 e. The quantitative estimate of drug-likeness (QED) is 0.361. The molecular formula is C4H7PS. The normalized spacial score (nSPS) is 45.0. The second-order valence-corrected chi connectivity index (χ2v) is 3.79. The van der Waals surface area contributed by atoms with Gasteiger partial charge in [-0.15, -0.1) is 8.20 Å². The molecule has 0 unspecified atom stereocenters. The highest BCUT2D eigenvalue weighted by Gasteiger charge is 2.19. The lowest BCUT2D eigenvalue weighted by molar-refractivity contribution is 0.995. The zero-order valence-electron chi connectivity index (χ0n) is 3.68. The van der Waals surface area contributed by atoms with Crippen molar-refractivity contribution in [2.24, 2.45) is 0 Å². The first kappa shape index (κ1) is 4.67. The van der Waals surface area contributed by atoms with Crippen LogP contribution in [0.4, 0.5) is 0 Å². The van der Waals surface area contributed by atoms with E-state index in [0.29, 0.717) is 0 Å². The summed E-state index contributed by atoms with van der Waals surface area (Å²) in [6.07, 6.45) is 1.23. The molecule has 0 aliphatic carbocycles. The molecule has 0 radical (unpaired) electrons. The minimum atomic E-state index is 0.279. The lowest BCUT2D eigenvalue weighted by atomic mass is 10.2. The van der Waals surface area contributed by atoms with Crippen molar-refractivity contribution >= 4 is 26.6 Å². The molecule has 2 heteroatoms. The lowest BCUT2D eigenvalue weighted by Crippen LogP contribution is -2.26. The van der Waals surface area contributed by atoms with Crippen molar-refractivity contribution in [3.63, 3.8) is 0 Å². The molecule has 0 aromatic heterocycles. The predicted octanol–water partition coefficient (Wildman–Crippen LogP) is 1.44. The second kappa shape index (κ2) is 1.24. The van der Waals surface area contributed by atoms with Crippen LogP contribution < -0.4 is 0 Å². The maximum atomic E-state index is 4.28. The third kappa shape index (κ3) is 0.772. The van der Waals surface area contributed by atoms with E-state index in [2.05, 4.69) is 25.3 Å². The minimum absolute atomic E-state index is 0.279. The first-order valence-corrected chi connectivity index (χ1v) is 3.54. The maximum absolute atomic E-state index is 4.28. The summed E-state index contributed by atoms with van der Waals surface area (Å²) in [5.41, 5.74) is 0. The summed E-state index contributed by atoms with van der Waals surface area (Å²) < 4.78 is 0.279. The average molecular weight is 118 g/mol. The Morgan fingerprint density at radius 1 is 2.00 bits per heavy atom. The fourth-order valence-corrected chi connectivity index (χ4v) is 1.56. The predicted molar refractivity (Wildman–Crippen MR) is 35.2 cm³/mol. The molecule has 0 aromatic carbocycles. The molecule has 0 fully saturated rings. The van der Waals surface area contributed by atoms with Gasteiger partial charge in [-0.25, -0.2) is 0 Å². The van der Waals surface area contributed by atoms with E-state index in [1.165, 1.54) is 14.4 Å². The number of thiol groups is 1. The van der Waals surface area contributed by atoms with Crippen molar-refractivity contribution in [1.29, 1.82) is 0 Å². The summed E-state index contributed by atoms with van der Waals surface area (Å²) in [6, 6.07) is 0. The van der Waals surface area contributed by atoms with Crippen LogP contribution in [0, 0.1) is 0 Å². The number of hydrogen-bond donors (Lipinski definition) is 1. The summed E-state index contributed by atoms with van der Waals surface area (Å²) in [6.45, 7) is 2.13. The molecule has 0 saturated heterocycles. The molecule has 0 aromatic rings. The van der Waals surface area contributed by atoms with Crippen molar-refractivity contribution in [3.8, 4) is 0 Å². The Hall–Kier alpha value is 0.520. The van der Waals surface area contributed by atoms with Crippen LogP contribution in [0.2, 0.25) is 0 Å². The van der Waals surface area contributed by atoms with Gasteiger partial charge in [0, 0.05) is 10.9 Å². The zero-order chi connectivity index (χ0) is 4.62. The Morgan fingerprint density at radius 3 is 2.33 bits per heavy atom. The van der Waals surface area contributed by atoms with Gasteiger partial charge in [-0.3, -0.25) is 0 Å². The first-order chi connectivity index (χ1) is 2.71. The third-order valence-electron chi connectivity index (χ3n) is 0.781.